The molecule has 0 radical (unpaired) electrons. The van der Waals surface area contributed by atoms with Crippen LogP contribution >= 0.6 is 15.9 Å². The van der Waals surface area contributed by atoms with E-state index in [0.29, 0.717) is 6.04 Å². The van der Waals surface area contributed by atoms with Gasteiger partial charge in [-0.15, -0.1) is 0 Å². The molecular weight excluding hydrogens is 316 g/mol. The van der Waals surface area contributed by atoms with E-state index in [1.807, 2.05) is 25.2 Å². The second-order valence-electron chi connectivity index (χ2n) is 5.01. The van der Waals surface area contributed by atoms with E-state index in [-0.39, 0.29) is 0 Å². The van der Waals surface area contributed by atoms with Crippen molar-refractivity contribution >= 4 is 27.6 Å². The van der Waals surface area contributed by atoms with Gasteiger partial charge in [0.25, 0.3) is 0 Å². The molecule has 0 aliphatic heterocycles. The number of rotatable bonds is 5. The van der Waals surface area contributed by atoms with Crippen molar-refractivity contribution in [2.45, 2.75) is 26.4 Å². The van der Waals surface area contributed by atoms with Crippen LogP contribution in [0.2, 0.25) is 0 Å². The van der Waals surface area contributed by atoms with Gasteiger partial charge >= 0.3 is 0 Å². The van der Waals surface area contributed by atoms with E-state index in [1.54, 1.807) is 6.33 Å². The predicted molar refractivity (Wildman–Crippen MR) is 87.0 cm³/mol. The highest BCUT2D eigenvalue weighted by Crippen LogP contribution is 2.20. The molecule has 0 bridgehead atoms. The third-order valence-corrected chi connectivity index (χ3v) is 3.62. The molecule has 0 aliphatic rings. The second kappa shape index (κ2) is 6.70. The maximum Gasteiger partial charge on any atom is 0.134 e. The summed E-state index contributed by atoms with van der Waals surface area (Å²) in [6.45, 7) is 4.97. The van der Waals surface area contributed by atoms with Crippen molar-refractivity contribution in [3.8, 4) is 0 Å². The third-order valence-electron chi connectivity index (χ3n) is 2.85. The Morgan fingerprint density at radius 1 is 1.25 bits per heavy atom. The van der Waals surface area contributed by atoms with Crippen molar-refractivity contribution in [1.29, 1.82) is 0 Å². The van der Waals surface area contributed by atoms with Crippen LogP contribution < -0.4 is 10.2 Å². The largest absolute Gasteiger partial charge is 0.368 e. The van der Waals surface area contributed by atoms with E-state index in [2.05, 4.69) is 62.1 Å². The molecule has 1 heterocycles. The molecule has 1 aromatic heterocycles. The average molecular weight is 335 g/mol. The molecular formula is C15H19BrN4. The fourth-order valence-corrected chi connectivity index (χ4v) is 2.30. The van der Waals surface area contributed by atoms with Gasteiger partial charge in [-0.25, -0.2) is 9.97 Å². The van der Waals surface area contributed by atoms with E-state index in [9.17, 15) is 0 Å². The highest BCUT2D eigenvalue weighted by atomic mass is 79.9. The van der Waals surface area contributed by atoms with Gasteiger partial charge in [-0.3, -0.25) is 0 Å². The highest BCUT2D eigenvalue weighted by Gasteiger charge is 2.07. The lowest BCUT2D eigenvalue weighted by atomic mass is 10.2. The summed E-state index contributed by atoms with van der Waals surface area (Å²) in [5.41, 5.74) is 1.23. The topological polar surface area (TPSA) is 41.0 Å². The van der Waals surface area contributed by atoms with Gasteiger partial charge in [0.1, 0.15) is 18.0 Å². The Morgan fingerprint density at radius 3 is 2.70 bits per heavy atom. The Balaban J connectivity index is 2.13. The van der Waals surface area contributed by atoms with Crippen molar-refractivity contribution < 1.29 is 0 Å². The molecule has 1 aromatic carbocycles. The van der Waals surface area contributed by atoms with Crippen LogP contribution in [0.1, 0.15) is 19.4 Å². The fourth-order valence-electron chi connectivity index (χ4n) is 1.89. The molecule has 2 rings (SSSR count). The molecule has 0 amide bonds. The molecule has 0 atom stereocenters. The number of hydrogen-bond donors (Lipinski definition) is 1. The minimum absolute atomic E-state index is 0.353. The third kappa shape index (κ3) is 3.93. The summed E-state index contributed by atoms with van der Waals surface area (Å²) in [5.74, 6) is 1.75. The van der Waals surface area contributed by atoms with Gasteiger partial charge in [-0.05, 0) is 25.5 Å². The number of hydrogen-bond acceptors (Lipinski definition) is 4. The van der Waals surface area contributed by atoms with Gasteiger partial charge in [0, 0.05) is 30.2 Å². The minimum Gasteiger partial charge on any atom is -0.368 e. The fraction of sp³-hybridized carbons (Fsp3) is 0.333. The number of nitrogens with one attached hydrogen (secondary N) is 1. The van der Waals surface area contributed by atoms with Gasteiger partial charge in [-0.2, -0.15) is 0 Å². The van der Waals surface area contributed by atoms with Gasteiger partial charge < -0.3 is 10.2 Å². The van der Waals surface area contributed by atoms with Crippen LogP contribution in [0.25, 0.3) is 0 Å². The standard InChI is InChI=1S/C15H19BrN4/c1-11(2)19-14-8-15(18-10-17-14)20(3)9-12-6-4-5-7-13(12)16/h4-8,10-11H,9H2,1-3H3,(H,17,18,19). The van der Waals surface area contributed by atoms with Crippen molar-refractivity contribution in [2.24, 2.45) is 0 Å². The molecule has 20 heavy (non-hydrogen) atoms. The van der Waals surface area contributed by atoms with Crippen LogP contribution in [0.4, 0.5) is 11.6 Å². The lowest BCUT2D eigenvalue weighted by Crippen LogP contribution is -2.19. The molecule has 0 aliphatic carbocycles. The van der Waals surface area contributed by atoms with Gasteiger partial charge in [0.2, 0.25) is 0 Å². The molecule has 1 N–H and O–H groups in total. The Kier molecular flexibility index (Phi) is 4.95. The number of anilines is 2. The summed E-state index contributed by atoms with van der Waals surface area (Å²) in [7, 11) is 2.03. The molecule has 5 heteroatoms. The first-order valence-corrected chi connectivity index (χ1v) is 7.38. The first-order chi connectivity index (χ1) is 9.56. The summed E-state index contributed by atoms with van der Waals surface area (Å²) in [6.07, 6.45) is 1.59. The highest BCUT2D eigenvalue weighted by molar-refractivity contribution is 9.10. The zero-order valence-corrected chi connectivity index (χ0v) is 13.6. The second-order valence-corrected chi connectivity index (χ2v) is 5.86. The van der Waals surface area contributed by atoms with Crippen LogP contribution in [-0.4, -0.2) is 23.1 Å². The normalized spacial score (nSPS) is 10.7. The summed E-state index contributed by atoms with van der Waals surface area (Å²) in [6, 6.07) is 10.5. The van der Waals surface area contributed by atoms with Gasteiger partial charge in [0.05, 0.1) is 0 Å². The molecule has 4 nitrogen and oxygen atoms in total. The average Bonchev–Trinajstić information content (AvgIpc) is 2.41. The lowest BCUT2D eigenvalue weighted by molar-refractivity contribution is 0.868. The van der Waals surface area contributed by atoms with E-state index in [1.165, 1.54) is 5.56 Å². The van der Waals surface area contributed by atoms with Gasteiger partial charge in [0.15, 0.2) is 0 Å². The van der Waals surface area contributed by atoms with Crippen molar-refractivity contribution in [3.63, 3.8) is 0 Å². The first-order valence-electron chi connectivity index (χ1n) is 6.59. The SMILES string of the molecule is CC(C)Nc1cc(N(C)Cc2ccccc2Br)ncn1. The summed E-state index contributed by atoms with van der Waals surface area (Å²) < 4.78 is 1.11. The number of halogens is 1. The van der Waals surface area contributed by atoms with Crippen LogP contribution in [0.3, 0.4) is 0 Å². The zero-order chi connectivity index (χ0) is 14.5. The molecule has 0 fully saturated rings. The Morgan fingerprint density at radius 2 is 2.00 bits per heavy atom. The van der Waals surface area contributed by atoms with Crippen molar-refractivity contribution in [3.05, 3.63) is 46.7 Å². The maximum absolute atomic E-state index is 4.33. The smallest absolute Gasteiger partial charge is 0.134 e. The quantitative estimate of drug-likeness (QED) is 0.905. The van der Waals surface area contributed by atoms with Gasteiger partial charge in [-0.1, -0.05) is 34.1 Å². The van der Waals surface area contributed by atoms with Crippen LogP contribution in [0, 0.1) is 0 Å². The first kappa shape index (κ1) is 14.8. The Bertz CT molecular complexity index is 571. The molecule has 2 aromatic rings. The van der Waals surface area contributed by atoms with E-state index in [0.717, 1.165) is 22.7 Å². The Hall–Kier alpha value is -1.62. The summed E-state index contributed by atoms with van der Waals surface area (Å²) in [4.78, 5) is 10.7. The van der Waals surface area contributed by atoms with E-state index >= 15 is 0 Å². The van der Waals surface area contributed by atoms with Crippen molar-refractivity contribution in [1.82, 2.24) is 9.97 Å². The zero-order valence-electron chi connectivity index (χ0n) is 12.0. The number of nitrogens with zero attached hydrogens (tertiary/aromatic N) is 3. The maximum atomic E-state index is 4.33. The minimum atomic E-state index is 0.353. The predicted octanol–water partition coefficient (Wildman–Crippen LogP) is 3.70. The van der Waals surface area contributed by atoms with Crippen LogP contribution in [0.5, 0.6) is 0 Å². The molecule has 0 saturated carbocycles. The van der Waals surface area contributed by atoms with Crippen LogP contribution in [0.15, 0.2) is 41.1 Å². The Labute approximate surface area is 128 Å². The number of aromatic nitrogens is 2. The molecule has 106 valence electrons. The summed E-state index contributed by atoms with van der Waals surface area (Å²) in [5, 5.41) is 3.29. The lowest BCUT2D eigenvalue weighted by Gasteiger charge is -2.20. The van der Waals surface area contributed by atoms with Crippen LogP contribution in [-0.2, 0) is 6.54 Å². The molecule has 0 unspecified atom stereocenters. The molecule has 0 saturated heterocycles. The number of benzene rings is 1. The van der Waals surface area contributed by atoms with Crippen molar-refractivity contribution in [2.75, 3.05) is 17.3 Å². The van der Waals surface area contributed by atoms with E-state index in [4.69, 9.17) is 0 Å². The van der Waals surface area contributed by atoms with E-state index < -0.39 is 0 Å². The summed E-state index contributed by atoms with van der Waals surface area (Å²) >= 11 is 3.57. The monoisotopic (exact) mass is 334 g/mol. The molecule has 0 spiro atoms.